The van der Waals surface area contributed by atoms with Gasteiger partial charge in [0, 0.05) is 19.1 Å². The molecule has 5 heteroatoms. The number of carbonyl (C=O) groups is 2. The highest BCUT2D eigenvalue weighted by molar-refractivity contribution is 5.83. The molecule has 19 heavy (non-hydrogen) atoms. The SMILES string of the molecule is CCCCN(C(=O)N1CCCC1C(=O)O)C(C)CC. The van der Waals surface area contributed by atoms with E-state index in [1.54, 1.807) is 0 Å². The van der Waals surface area contributed by atoms with Crippen molar-refractivity contribution in [3.8, 4) is 0 Å². The van der Waals surface area contributed by atoms with Crippen molar-refractivity contribution in [2.75, 3.05) is 13.1 Å². The standard InChI is InChI=1S/C14H26N2O3/c1-4-6-9-15(11(3)5-2)14(19)16-10-7-8-12(16)13(17)18/h11-12H,4-10H2,1-3H3,(H,17,18). The molecule has 0 spiro atoms. The zero-order valence-corrected chi connectivity index (χ0v) is 12.3. The third-order valence-corrected chi connectivity index (χ3v) is 3.90. The Morgan fingerprint density at radius 3 is 2.63 bits per heavy atom. The number of carboxylic acid groups (broad SMARTS) is 1. The topological polar surface area (TPSA) is 60.9 Å². The minimum atomic E-state index is -0.884. The normalized spacial score (nSPS) is 20.4. The molecule has 0 bridgehead atoms. The molecule has 0 saturated carbocycles. The van der Waals surface area contributed by atoms with Crippen LogP contribution in [0.3, 0.4) is 0 Å². The fourth-order valence-electron chi connectivity index (χ4n) is 2.47. The Balaban J connectivity index is 2.77. The van der Waals surface area contributed by atoms with Crippen LogP contribution < -0.4 is 0 Å². The number of carboxylic acids is 1. The van der Waals surface area contributed by atoms with Crippen molar-refractivity contribution >= 4 is 12.0 Å². The van der Waals surface area contributed by atoms with E-state index in [1.807, 2.05) is 11.8 Å². The first kappa shape index (κ1) is 15.8. The summed E-state index contributed by atoms with van der Waals surface area (Å²) in [6.45, 7) is 7.45. The molecule has 0 aromatic heterocycles. The summed E-state index contributed by atoms with van der Waals surface area (Å²) in [5.74, 6) is -0.884. The molecule has 5 nitrogen and oxygen atoms in total. The molecule has 1 aliphatic rings. The highest BCUT2D eigenvalue weighted by Gasteiger charge is 2.36. The second-order valence-corrected chi connectivity index (χ2v) is 5.28. The van der Waals surface area contributed by atoms with E-state index in [4.69, 9.17) is 0 Å². The molecule has 0 aliphatic carbocycles. The van der Waals surface area contributed by atoms with Crippen molar-refractivity contribution in [1.82, 2.24) is 9.80 Å². The molecule has 1 aliphatic heterocycles. The molecular weight excluding hydrogens is 244 g/mol. The number of likely N-dealkylation sites (tertiary alicyclic amines) is 1. The van der Waals surface area contributed by atoms with Crippen LogP contribution in [0, 0.1) is 0 Å². The van der Waals surface area contributed by atoms with Crippen molar-refractivity contribution in [1.29, 1.82) is 0 Å². The number of urea groups is 1. The van der Waals surface area contributed by atoms with Crippen LogP contribution >= 0.6 is 0 Å². The lowest BCUT2D eigenvalue weighted by atomic mass is 10.2. The summed E-state index contributed by atoms with van der Waals surface area (Å²) in [6.07, 6.45) is 4.24. The van der Waals surface area contributed by atoms with Gasteiger partial charge in [-0.2, -0.15) is 0 Å². The summed E-state index contributed by atoms with van der Waals surface area (Å²) in [7, 11) is 0. The summed E-state index contributed by atoms with van der Waals surface area (Å²) >= 11 is 0. The number of carbonyl (C=O) groups excluding carboxylic acids is 1. The molecule has 1 rings (SSSR count). The van der Waals surface area contributed by atoms with Crippen LogP contribution in [0.4, 0.5) is 4.79 Å². The highest BCUT2D eigenvalue weighted by Crippen LogP contribution is 2.21. The van der Waals surface area contributed by atoms with Gasteiger partial charge in [-0.3, -0.25) is 0 Å². The first-order valence-electron chi connectivity index (χ1n) is 7.32. The Morgan fingerprint density at radius 1 is 1.42 bits per heavy atom. The van der Waals surface area contributed by atoms with E-state index in [2.05, 4.69) is 13.8 Å². The predicted octanol–water partition coefficient (Wildman–Crippen LogP) is 2.56. The average Bonchev–Trinajstić information content (AvgIpc) is 2.87. The van der Waals surface area contributed by atoms with Gasteiger partial charge in [-0.05, 0) is 32.6 Å². The van der Waals surface area contributed by atoms with E-state index in [0.29, 0.717) is 19.5 Å². The number of rotatable bonds is 6. The number of amides is 2. The largest absolute Gasteiger partial charge is 0.480 e. The van der Waals surface area contributed by atoms with Crippen LogP contribution in [0.25, 0.3) is 0 Å². The predicted molar refractivity (Wildman–Crippen MR) is 74.1 cm³/mol. The molecule has 0 aromatic carbocycles. The lowest BCUT2D eigenvalue weighted by Crippen LogP contribution is -2.51. The van der Waals surface area contributed by atoms with E-state index in [1.165, 1.54) is 4.90 Å². The molecule has 0 radical (unpaired) electrons. The Bertz CT molecular complexity index is 320. The van der Waals surface area contributed by atoms with Gasteiger partial charge in [-0.15, -0.1) is 0 Å². The Hall–Kier alpha value is -1.26. The molecule has 1 saturated heterocycles. The maximum Gasteiger partial charge on any atom is 0.326 e. The third-order valence-electron chi connectivity index (χ3n) is 3.90. The van der Waals surface area contributed by atoms with Gasteiger partial charge < -0.3 is 14.9 Å². The maximum atomic E-state index is 12.6. The van der Waals surface area contributed by atoms with Gasteiger partial charge in [0.15, 0.2) is 0 Å². The second-order valence-electron chi connectivity index (χ2n) is 5.28. The van der Waals surface area contributed by atoms with Gasteiger partial charge in [-0.25, -0.2) is 9.59 Å². The van der Waals surface area contributed by atoms with Gasteiger partial charge in [0.05, 0.1) is 0 Å². The zero-order valence-electron chi connectivity index (χ0n) is 12.3. The van der Waals surface area contributed by atoms with Crippen molar-refractivity contribution in [3.05, 3.63) is 0 Å². The minimum Gasteiger partial charge on any atom is -0.480 e. The van der Waals surface area contributed by atoms with Gasteiger partial charge in [0.2, 0.25) is 0 Å². The quantitative estimate of drug-likeness (QED) is 0.807. The van der Waals surface area contributed by atoms with Crippen molar-refractivity contribution in [2.24, 2.45) is 0 Å². The van der Waals surface area contributed by atoms with E-state index < -0.39 is 12.0 Å². The molecule has 1 heterocycles. The fraction of sp³-hybridized carbons (Fsp3) is 0.857. The van der Waals surface area contributed by atoms with Gasteiger partial charge >= 0.3 is 12.0 Å². The summed E-state index contributed by atoms with van der Waals surface area (Å²) in [5.41, 5.74) is 0. The Morgan fingerprint density at radius 2 is 2.11 bits per heavy atom. The number of nitrogens with zero attached hydrogens (tertiary/aromatic N) is 2. The first-order valence-corrected chi connectivity index (χ1v) is 7.32. The van der Waals surface area contributed by atoms with Crippen molar-refractivity contribution in [3.63, 3.8) is 0 Å². The van der Waals surface area contributed by atoms with E-state index >= 15 is 0 Å². The fourth-order valence-corrected chi connectivity index (χ4v) is 2.47. The monoisotopic (exact) mass is 270 g/mol. The molecule has 110 valence electrons. The first-order chi connectivity index (χ1) is 9.02. The molecular formula is C14H26N2O3. The summed E-state index contributed by atoms with van der Waals surface area (Å²) in [5, 5.41) is 9.17. The smallest absolute Gasteiger partial charge is 0.326 e. The molecule has 2 atom stereocenters. The summed E-state index contributed by atoms with van der Waals surface area (Å²) in [6, 6.07) is -0.581. The number of hydrogen-bond donors (Lipinski definition) is 1. The van der Waals surface area contributed by atoms with Gasteiger partial charge in [0.1, 0.15) is 6.04 Å². The Kier molecular flexibility index (Phi) is 6.12. The van der Waals surface area contributed by atoms with Crippen LogP contribution in [0.2, 0.25) is 0 Å². The lowest BCUT2D eigenvalue weighted by molar-refractivity contribution is -0.141. The van der Waals surface area contributed by atoms with Gasteiger partial charge in [-0.1, -0.05) is 20.3 Å². The molecule has 2 unspecified atom stereocenters. The Labute approximate surface area is 115 Å². The van der Waals surface area contributed by atoms with Crippen LogP contribution in [-0.2, 0) is 4.79 Å². The summed E-state index contributed by atoms with van der Waals surface area (Å²) in [4.78, 5) is 27.1. The molecule has 1 N–H and O–H groups in total. The van der Waals surface area contributed by atoms with E-state index in [-0.39, 0.29) is 12.1 Å². The zero-order chi connectivity index (χ0) is 14.4. The van der Waals surface area contributed by atoms with Crippen LogP contribution in [0.1, 0.15) is 52.9 Å². The van der Waals surface area contributed by atoms with Crippen molar-refractivity contribution in [2.45, 2.75) is 65.0 Å². The van der Waals surface area contributed by atoms with Crippen LogP contribution in [0.15, 0.2) is 0 Å². The maximum absolute atomic E-state index is 12.6. The molecule has 0 aromatic rings. The number of aliphatic carboxylic acids is 1. The second kappa shape index (κ2) is 7.36. The number of unbranched alkanes of at least 4 members (excludes halogenated alkanes) is 1. The highest BCUT2D eigenvalue weighted by atomic mass is 16.4. The van der Waals surface area contributed by atoms with Crippen molar-refractivity contribution < 1.29 is 14.7 Å². The molecule has 1 fully saturated rings. The van der Waals surface area contributed by atoms with Crippen LogP contribution in [-0.4, -0.2) is 52.1 Å². The van der Waals surface area contributed by atoms with Gasteiger partial charge in [0.25, 0.3) is 0 Å². The third kappa shape index (κ3) is 3.85. The van der Waals surface area contributed by atoms with E-state index in [0.717, 1.165) is 25.7 Å². The minimum absolute atomic E-state index is 0.104. The number of hydrogen-bond acceptors (Lipinski definition) is 2. The average molecular weight is 270 g/mol. The van der Waals surface area contributed by atoms with E-state index in [9.17, 15) is 14.7 Å². The lowest BCUT2D eigenvalue weighted by Gasteiger charge is -2.34. The molecule has 2 amide bonds. The summed E-state index contributed by atoms with van der Waals surface area (Å²) < 4.78 is 0. The van der Waals surface area contributed by atoms with Crippen LogP contribution in [0.5, 0.6) is 0 Å².